The summed E-state index contributed by atoms with van der Waals surface area (Å²) in [7, 11) is 0. The van der Waals surface area contributed by atoms with E-state index in [1.54, 1.807) is 12.1 Å². The van der Waals surface area contributed by atoms with Gasteiger partial charge in [-0.05, 0) is 66.1 Å². The van der Waals surface area contributed by atoms with Gasteiger partial charge in [-0.15, -0.1) is 0 Å². The van der Waals surface area contributed by atoms with Crippen LogP contribution < -0.4 is 5.32 Å². The highest BCUT2D eigenvalue weighted by molar-refractivity contribution is 9.10. The van der Waals surface area contributed by atoms with Gasteiger partial charge < -0.3 is 10.4 Å². The Morgan fingerprint density at radius 1 is 1.33 bits per heavy atom. The number of benzene rings is 1. The van der Waals surface area contributed by atoms with Crippen molar-refractivity contribution in [3.8, 4) is 0 Å². The van der Waals surface area contributed by atoms with Crippen LogP contribution in [0.3, 0.4) is 0 Å². The van der Waals surface area contributed by atoms with Gasteiger partial charge in [0, 0.05) is 4.47 Å². The summed E-state index contributed by atoms with van der Waals surface area (Å²) in [4.78, 5) is 24.1. The lowest BCUT2D eigenvalue weighted by Crippen LogP contribution is -2.56. The van der Waals surface area contributed by atoms with Crippen molar-refractivity contribution in [3.63, 3.8) is 0 Å². The smallest absolute Gasteiger partial charge is 0.329 e. The van der Waals surface area contributed by atoms with Crippen molar-refractivity contribution >= 4 is 27.8 Å². The van der Waals surface area contributed by atoms with Crippen LogP contribution in [-0.2, 0) is 4.79 Å². The molecular formula is C16H20BrNO3. The van der Waals surface area contributed by atoms with Crippen molar-refractivity contribution in [2.24, 2.45) is 5.92 Å². The molecule has 2 N–H and O–H groups in total. The molecule has 0 heterocycles. The normalized spacial score (nSPS) is 25.4. The number of rotatable bonds is 3. The largest absolute Gasteiger partial charge is 0.480 e. The van der Waals surface area contributed by atoms with Gasteiger partial charge in [0.1, 0.15) is 5.54 Å². The summed E-state index contributed by atoms with van der Waals surface area (Å²) in [5.41, 5.74) is 0.297. The molecule has 1 saturated carbocycles. The molecule has 0 aliphatic heterocycles. The van der Waals surface area contributed by atoms with E-state index in [0.29, 0.717) is 28.8 Å². The molecule has 0 atom stereocenters. The summed E-state index contributed by atoms with van der Waals surface area (Å²) in [6.45, 7) is 4.01. The van der Waals surface area contributed by atoms with Crippen LogP contribution in [0.2, 0.25) is 0 Å². The fraction of sp³-hybridized carbons (Fsp3) is 0.500. The summed E-state index contributed by atoms with van der Waals surface area (Å²) < 4.78 is 0.715. The van der Waals surface area contributed by atoms with E-state index in [2.05, 4.69) is 28.2 Å². The van der Waals surface area contributed by atoms with E-state index in [4.69, 9.17) is 0 Å². The Hall–Kier alpha value is -1.36. The predicted molar refractivity (Wildman–Crippen MR) is 84.3 cm³/mol. The second-order valence-corrected chi connectivity index (χ2v) is 6.75. The maximum absolute atomic E-state index is 12.5. The van der Waals surface area contributed by atoms with Crippen LogP contribution in [0.25, 0.3) is 0 Å². The lowest BCUT2D eigenvalue weighted by molar-refractivity contribution is -0.146. The molecule has 1 aliphatic rings. The minimum Gasteiger partial charge on any atom is -0.480 e. The van der Waals surface area contributed by atoms with E-state index >= 15 is 0 Å². The Labute approximate surface area is 133 Å². The van der Waals surface area contributed by atoms with Crippen LogP contribution in [0.15, 0.2) is 22.7 Å². The molecule has 0 spiro atoms. The zero-order chi connectivity index (χ0) is 15.6. The number of halogens is 1. The van der Waals surface area contributed by atoms with Gasteiger partial charge >= 0.3 is 5.97 Å². The second-order valence-electron chi connectivity index (χ2n) is 5.96. The summed E-state index contributed by atoms with van der Waals surface area (Å²) in [6, 6.07) is 5.40. The quantitative estimate of drug-likeness (QED) is 0.873. The van der Waals surface area contributed by atoms with Gasteiger partial charge in [0.05, 0.1) is 5.56 Å². The van der Waals surface area contributed by atoms with Gasteiger partial charge in [0.25, 0.3) is 5.91 Å². The first-order chi connectivity index (χ1) is 9.85. The minimum atomic E-state index is -1.13. The first kappa shape index (κ1) is 16.0. The lowest BCUT2D eigenvalue weighted by atomic mass is 9.77. The van der Waals surface area contributed by atoms with Crippen LogP contribution in [0.4, 0.5) is 0 Å². The van der Waals surface area contributed by atoms with Crippen molar-refractivity contribution in [1.29, 1.82) is 0 Å². The Balaban J connectivity index is 2.23. The molecular weight excluding hydrogens is 334 g/mol. The Morgan fingerprint density at radius 2 is 1.95 bits per heavy atom. The van der Waals surface area contributed by atoms with Crippen molar-refractivity contribution in [3.05, 3.63) is 33.8 Å². The summed E-state index contributed by atoms with van der Waals surface area (Å²) in [5.74, 6) is -0.755. The molecule has 1 aliphatic carbocycles. The van der Waals surface area contributed by atoms with E-state index in [1.165, 1.54) is 0 Å². The average Bonchev–Trinajstić information content (AvgIpc) is 2.44. The number of aryl methyl sites for hydroxylation is 1. The number of aliphatic carboxylic acids is 1. The molecule has 4 nitrogen and oxygen atoms in total. The van der Waals surface area contributed by atoms with Crippen LogP contribution in [0.1, 0.15) is 48.5 Å². The summed E-state index contributed by atoms with van der Waals surface area (Å²) >= 11 is 3.40. The van der Waals surface area contributed by atoms with Crippen LogP contribution in [-0.4, -0.2) is 22.5 Å². The molecule has 21 heavy (non-hydrogen) atoms. The Bertz CT molecular complexity index is 563. The van der Waals surface area contributed by atoms with Gasteiger partial charge in [-0.2, -0.15) is 0 Å². The Morgan fingerprint density at radius 3 is 2.52 bits per heavy atom. The fourth-order valence-corrected chi connectivity index (χ4v) is 3.20. The molecule has 0 bridgehead atoms. The summed E-state index contributed by atoms with van der Waals surface area (Å²) in [6.07, 6.45) is 2.61. The third-order valence-electron chi connectivity index (χ3n) is 4.33. The van der Waals surface area contributed by atoms with Crippen LogP contribution in [0, 0.1) is 12.8 Å². The van der Waals surface area contributed by atoms with Crippen molar-refractivity contribution in [1.82, 2.24) is 5.32 Å². The van der Waals surface area contributed by atoms with E-state index in [9.17, 15) is 14.7 Å². The average molecular weight is 354 g/mol. The van der Waals surface area contributed by atoms with Gasteiger partial charge in [0.2, 0.25) is 0 Å². The Kier molecular flexibility index (Phi) is 4.71. The molecule has 1 fully saturated rings. The van der Waals surface area contributed by atoms with E-state index < -0.39 is 11.5 Å². The molecule has 0 saturated heterocycles. The summed E-state index contributed by atoms with van der Waals surface area (Å²) in [5, 5.41) is 12.3. The van der Waals surface area contributed by atoms with E-state index in [1.807, 2.05) is 13.0 Å². The molecule has 2 rings (SSSR count). The van der Waals surface area contributed by atoms with Gasteiger partial charge in [-0.25, -0.2) is 4.79 Å². The maximum atomic E-state index is 12.5. The number of hydrogen-bond acceptors (Lipinski definition) is 2. The highest BCUT2D eigenvalue weighted by atomic mass is 79.9. The number of carboxylic acid groups (broad SMARTS) is 1. The third-order valence-corrected chi connectivity index (χ3v) is 5.38. The first-order valence-corrected chi connectivity index (χ1v) is 7.96. The number of nitrogens with one attached hydrogen (secondary N) is 1. The van der Waals surface area contributed by atoms with Gasteiger partial charge in [-0.3, -0.25) is 4.79 Å². The lowest BCUT2D eigenvalue weighted by Gasteiger charge is -2.36. The van der Waals surface area contributed by atoms with Crippen molar-refractivity contribution in [2.75, 3.05) is 0 Å². The molecule has 0 unspecified atom stereocenters. The molecule has 0 aromatic heterocycles. The second kappa shape index (κ2) is 6.18. The number of carbonyl (C=O) groups is 2. The van der Waals surface area contributed by atoms with E-state index in [-0.39, 0.29) is 5.91 Å². The van der Waals surface area contributed by atoms with Crippen molar-refractivity contribution < 1.29 is 14.7 Å². The predicted octanol–water partition coefficient (Wildman–Crippen LogP) is 3.52. The molecule has 1 aromatic rings. The molecule has 1 amide bonds. The molecule has 0 radical (unpaired) electrons. The zero-order valence-corrected chi connectivity index (χ0v) is 13.9. The standard InChI is InChI=1S/C16H20BrNO3/c1-10-6-8-16(9-7-10,15(20)21)18-14(19)12-5-3-4-11(2)13(12)17/h3-5,10H,6-9H2,1-2H3,(H,18,19)(H,20,21). The van der Waals surface area contributed by atoms with Gasteiger partial charge in [-0.1, -0.05) is 19.1 Å². The number of hydrogen-bond donors (Lipinski definition) is 2. The maximum Gasteiger partial charge on any atom is 0.329 e. The topological polar surface area (TPSA) is 66.4 Å². The van der Waals surface area contributed by atoms with Crippen molar-refractivity contribution in [2.45, 2.75) is 45.1 Å². The minimum absolute atomic E-state index is 0.331. The zero-order valence-electron chi connectivity index (χ0n) is 12.3. The van der Waals surface area contributed by atoms with Crippen LogP contribution in [0.5, 0.6) is 0 Å². The fourth-order valence-electron chi connectivity index (χ4n) is 2.75. The highest BCUT2D eigenvalue weighted by Crippen LogP contribution is 2.33. The number of amides is 1. The number of carboxylic acids is 1. The molecule has 114 valence electrons. The highest BCUT2D eigenvalue weighted by Gasteiger charge is 2.42. The molecule has 5 heteroatoms. The third kappa shape index (κ3) is 3.28. The SMILES string of the molecule is Cc1cccc(C(=O)NC2(C(=O)O)CCC(C)CC2)c1Br. The number of carbonyl (C=O) groups excluding carboxylic acids is 1. The first-order valence-electron chi connectivity index (χ1n) is 7.17. The van der Waals surface area contributed by atoms with Crippen LogP contribution >= 0.6 is 15.9 Å². The van der Waals surface area contributed by atoms with E-state index in [0.717, 1.165) is 18.4 Å². The molecule has 1 aromatic carbocycles. The van der Waals surface area contributed by atoms with Gasteiger partial charge in [0.15, 0.2) is 0 Å². The monoisotopic (exact) mass is 353 g/mol.